The number of phenols is 1. The van der Waals surface area contributed by atoms with Gasteiger partial charge in [0.25, 0.3) is 0 Å². The van der Waals surface area contributed by atoms with Crippen LogP contribution in [0.25, 0.3) is 0 Å². The number of ketones is 1. The Morgan fingerprint density at radius 3 is 2.48 bits per heavy atom. The number of carbonyl (C=O) groups is 1. The molecule has 1 aliphatic carbocycles. The Bertz CT molecular complexity index is 1110. The van der Waals surface area contributed by atoms with Gasteiger partial charge in [0.05, 0.1) is 4.90 Å². The fourth-order valence-corrected chi connectivity index (χ4v) is 3.96. The molecule has 4 N–H and O–H groups in total. The Kier molecular flexibility index (Phi) is 5.81. The van der Waals surface area contributed by atoms with Crippen molar-refractivity contribution in [1.82, 2.24) is 4.72 Å². The highest BCUT2D eigenvalue weighted by molar-refractivity contribution is 7.89. The first-order valence-electron chi connectivity index (χ1n) is 8.62. The number of benzene rings is 2. The molecule has 0 bridgehead atoms. The molecule has 3 rings (SSSR count). The predicted octanol–water partition coefficient (Wildman–Crippen LogP) is 1.66. The molecule has 2 aromatic rings. The standard InChI is InChI=1S/C21H19NO6S/c23-17-7-4-8-18(14-17)29(27,28)22-21(26)12-11-15(13-20(21)25)9-10-19(24)16-5-2-1-3-6-16/h1-14,20,22-23,25-26H. The van der Waals surface area contributed by atoms with Crippen molar-refractivity contribution in [3.05, 3.63) is 96.1 Å². The Hall–Kier alpha value is -3.04. The number of aromatic hydroxyl groups is 1. The van der Waals surface area contributed by atoms with E-state index in [4.69, 9.17) is 0 Å². The average Bonchev–Trinajstić information content (AvgIpc) is 2.69. The number of phenolic OH excluding ortho intramolecular Hbond substituents is 1. The molecule has 0 spiro atoms. The number of hydrogen-bond acceptors (Lipinski definition) is 6. The van der Waals surface area contributed by atoms with Crippen LogP contribution in [0.2, 0.25) is 0 Å². The lowest BCUT2D eigenvalue weighted by molar-refractivity contribution is -0.0240. The molecule has 0 saturated carbocycles. The highest BCUT2D eigenvalue weighted by Gasteiger charge is 2.38. The summed E-state index contributed by atoms with van der Waals surface area (Å²) >= 11 is 0. The normalized spacial score (nSPS) is 21.9. The molecule has 0 saturated heterocycles. The Balaban J connectivity index is 1.74. The van der Waals surface area contributed by atoms with Crippen LogP contribution in [0.1, 0.15) is 10.4 Å². The summed E-state index contributed by atoms with van der Waals surface area (Å²) in [5, 5.41) is 30.3. The molecule has 7 nitrogen and oxygen atoms in total. The maximum absolute atomic E-state index is 12.5. The first kappa shape index (κ1) is 20.7. The average molecular weight is 413 g/mol. The van der Waals surface area contributed by atoms with E-state index in [-0.39, 0.29) is 16.4 Å². The molecule has 0 amide bonds. The van der Waals surface area contributed by atoms with E-state index < -0.39 is 21.9 Å². The van der Waals surface area contributed by atoms with Gasteiger partial charge in [0.15, 0.2) is 11.5 Å². The van der Waals surface area contributed by atoms with Crippen LogP contribution < -0.4 is 4.72 Å². The van der Waals surface area contributed by atoms with Crippen LogP contribution in [0.15, 0.2) is 95.4 Å². The fraction of sp³-hybridized carbons (Fsp3) is 0.0952. The number of carbonyl (C=O) groups excluding carboxylic acids is 1. The number of sulfonamides is 1. The Morgan fingerprint density at radius 1 is 1.10 bits per heavy atom. The second-order valence-corrected chi connectivity index (χ2v) is 8.12. The summed E-state index contributed by atoms with van der Waals surface area (Å²) < 4.78 is 26.9. The quantitative estimate of drug-likeness (QED) is 0.324. The van der Waals surface area contributed by atoms with Gasteiger partial charge in [0, 0.05) is 5.56 Å². The van der Waals surface area contributed by atoms with Crippen LogP contribution in [0.3, 0.4) is 0 Å². The molecule has 2 atom stereocenters. The lowest BCUT2D eigenvalue weighted by atomic mass is 9.97. The summed E-state index contributed by atoms with van der Waals surface area (Å²) in [4.78, 5) is 11.8. The van der Waals surface area contributed by atoms with Gasteiger partial charge in [-0.1, -0.05) is 48.6 Å². The fourth-order valence-electron chi connectivity index (χ4n) is 2.69. The molecule has 29 heavy (non-hydrogen) atoms. The van der Waals surface area contributed by atoms with Crippen LogP contribution in [0, 0.1) is 0 Å². The third-order valence-corrected chi connectivity index (χ3v) is 5.71. The Morgan fingerprint density at radius 2 is 1.83 bits per heavy atom. The number of rotatable bonds is 6. The van der Waals surface area contributed by atoms with Crippen molar-refractivity contribution in [1.29, 1.82) is 0 Å². The van der Waals surface area contributed by atoms with Gasteiger partial charge in [-0.2, -0.15) is 4.72 Å². The van der Waals surface area contributed by atoms with Gasteiger partial charge in [-0.3, -0.25) is 4.79 Å². The van der Waals surface area contributed by atoms with Gasteiger partial charge in [-0.15, -0.1) is 0 Å². The maximum atomic E-state index is 12.5. The molecular weight excluding hydrogens is 394 g/mol. The van der Waals surface area contributed by atoms with Gasteiger partial charge in [-0.05, 0) is 42.0 Å². The summed E-state index contributed by atoms with van der Waals surface area (Å²) in [6.07, 6.45) is 4.86. The number of aliphatic hydroxyl groups is 2. The summed E-state index contributed by atoms with van der Waals surface area (Å²) in [6, 6.07) is 13.5. The van der Waals surface area contributed by atoms with E-state index in [1.807, 2.05) is 4.72 Å². The zero-order chi connectivity index (χ0) is 21.1. The number of allylic oxidation sites excluding steroid dienone is 4. The lowest BCUT2D eigenvalue weighted by Gasteiger charge is -2.31. The van der Waals surface area contributed by atoms with Gasteiger partial charge in [0.1, 0.15) is 11.9 Å². The molecule has 0 fully saturated rings. The highest BCUT2D eigenvalue weighted by Crippen LogP contribution is 2.24. The van der Waals surface area contributed by atoms with Gasteiger partial charge >= 0.3 is 0 Å². The molecule has 2 aromatic carbocycles. The minimum absolute atomic E-state index is 0.236. The topological polar surface area (TPSA) is 124 Å². The van der Waals surface area contributed by atoms with E-state index in [2.05, 4.69) is 0 Å². The van der Waals surface area contributed by atoms with Crippen molar-refractivity contribution < 1.29 is 28.5 Å². The predicted molar refractivity (Wildman–Crippen MR) is 107 cm³/mol. The van der Waals surface area contributed by atoms with E-state index in [9.17, 15) is 28.5 Å². The van der Waals surface area contributed by atoms with Gasteiger partial charge in [0.2, 0.25) is 10.0 Å². The summed E-state index contributed by atoms with van der Waals surface area (Å²) in [5.41, 5.74) is -1.37. The van der Waals surface area contributed by atoms with Gasteiger partial charge < -0.3 is 15.3 Å². The summed E-state index contributed by atoms with van der Waals surface area (Å²) in [7, 11) is -4.23. The molecule has 8 heteroatoms. The number of aliphatic hydroxyl groups excluding tert-OH is 1. The summed E-state index contributed by atoms with van der Waals surface area (Å²) in [5.74, 6) is -0.491. The van der Waals surface area contributed by atoms with Crippen molar-refractivity contribution >= 4 is 15.8 Å². The van der Waals surface area contributed by atoms with Crippen molar-refractivity contribution in [3.8, 4) is 5.75 Å². The number of hydrogen-bond donors (Lipinski definition) is 4. The van der Waals surface area contributed by atoms with E-state index in [0.717, 1.165) is 12.1 Å². The largest absolute Gasteiger partial charge is 0.508 e. The summed E-state index contributed by atoms with van der Waals surface area (Å²) in [6.45, 7) is 0. The molecule has 0 aliphatic heterocycles. The van der Waals surface area contributed by atoms with Gasteiger partial charge in [-0.25, -0.2) is 8.42 Å². The molecule has 150 valence electrons. The van der Waals surface area contributed by atoms with Crippen LogP contribution in [0.5, 0.6) is 5.75 Å². The highest BCUT2D eigenvalue weighted by atomic mass is 32.2. The zero-order valence-electron chi connectivity index (χ0n) is 15.1. The maximum Gasteiger partial charge on any atom is 0.243 e. The molecule has 0 radical (unpaired) electrons. The van der Waals surface area contributed by atoms with E-state index in [1.165, 1.54) is 42.5 Å². The van der Waals surface area contributed by atoms with Crippen LogP contribution >= 0.6 is 0 Å². The third-order valence-electron chi connectivity index (χ3n) is 4.24. The van der Waals surface area contributed by atoms with Crippen molar-refractivity contribution in [2.24, 2.45) is 0 Å². The van der Waals surface area contributed by atoms with E-state index in [1.54, 1.807) is 30.3 Å². The minimum Gasteiger partial charge on any atom is -0.508 e. The second kappa shape index (κ2) is 8.14. The zero-order valence-corrected chi connectivity index (χ0v) is 16.0. The molecule has 2 unspecified atom stereocenters. The molecule has 1 aliphatic rings. The lowest BCUT2D eigenvalue weighted by Crippen LogP contribution is -2.55. The smallest absolute Gasteiger partial charge is 0.243 e. The van der Waals surface area contributed by atoms with Crippen LogP contribution in [-0.2, 0) is 10.0 Å². The van der Waals surface area contributed by atoms with Crippen molar-refractivity contribution in [2.45, 2.75) is 16.7 Å². The minimum atomic E-state index is -4.23. The molecule has 0 aromatic heterocycles. The monoisotopic (exact) mass is 413 g/mol. The third kappa shape index (κ3) is 4.87. The van der Waals surface area contributed by atoms with Crippen molar-refractivity contribution in [3.63, 3.8) is 0 Å². The molecular formula is C21H19NO6S. The first-order chi connectivity index (χ1) is 13.7. The Labute approximate surface area is 168 Å². The van der Waals surface area contributed by atoms with Crippen molar-refractivity contribution in [2.75, 3.05) is 0 Å². The second-order valence-electron chi connectivity index (χ2n) is 6.44. The van der Waals surface area contributed by atoms with Crippen LogP contribution in [-0.4, -0.2) is 41.3 Å². The van der Waals surface area contributed by atoms with E-state index >= 15 is 0 Å². The van der Waals surface area contributed by atoms with Crippen LogP contribution in [0.4, 0.5) is 0 Å². The SMILES string of the molecule is O=C(C=CC1=CC(O)C(O)(NS(=O)(=O)c2cccc(O)c2)C=C1)c1ccccc1. The first-order valence-corrected chi connectivity index (χ1v) is 10.1. The molecule has 0 heterocycles. The van der Waals surface area contributed by atoms with E-state index in [0.29, 0.717) is 11.1 Å². The number of nitrogens with one attached hydrogen (secondary N) is 1.